The van der Waals surface area contributed by atoms with Crippen LogP contribution in [0.5, 0.6) is 0 Å². The number of nitrogens with one attached hydrogen (secondary N) is 1. The molecule has 0 radical (unpaired) electrons. The third-order valence-electron chi connectivity index (χ3n) is 6.15. The molecule has 1 aromatic heterocycles. The Balaban J connectivity index is 1.53. The number of amides is 1. The fourth-order valence-electron chi connectivity index (χ4n) is 4.51. The number of aromatic carboxylic acids is 1. The highest BCUT2D eigenvalue weighted by atomic mass is 19.2. The van der Waals surface area contributed by atoms with Crippen LogP contribution in [0.4, 0.5) is 8.78 Å². The van der Waals surface area contributed by atoms with Crippen molar-refractivity contribution < 1.29 is 23.5 Å². The molecule has 2 heterocycles. The Morgan fingerprint density at radius 1 is 1.00 bits per heavy atom. The summed E-state index contributed by atoms with van der Waals surface area (Å²) in [7, 11) is 0. The first-order valence-electron chi connectivity index (χ1n) is 10.8. The maximum atomic E-state index is 14.2. The lowest BCUT2D eigenvalue weighted by molar-refractivity contribution is -0.128. The summed E-state index contributed by atoms with van der Waals surface area (Å²) >= 11 is 0. The molecule has 0 aliphatic carbocycles. The number of aromatic amines is 1. The van der Waals surface area contributed by atoms with Gasteiger partial charge in [-0.15, -0.1) is 0 Å². The van der Waals surface area contributed by atoms with Crippen LogP contribution < -0.4 is 0 Å². The van der Waals surface area contributed by atoms with Crippen molar-refractivity contribution in [2.45, 2.75) is 12.5 Å². The summed E-state index contributed by atoms with van der Waals surface area (Å²) in [5.41, 5.74) is 4.06. The first-order chi connectivity index (χ1) is 16.4. The van der Waals surface area contributed by atoms with E-state index in [4.69, 9.17) is 5.11 Å². The highest BCUT2D eigenvalue weighted by molar-refractivity contribution is 5.94. The number of halogens is 2. The van der Waals surface area contributed by atoms with Crippen molar-refractivity contribution in [1.82, 2.24) is 9.88 Å². The van der Waals surface area contributed by atoms with E-state index in [2.05, 4.69) is 4.98 Å². The molecule has 1 atom stereocenters. The van der Waals surface area contributed by atoms with Crippen molar-refractivity contribution >= 4 is 28.9 Å². The molecule has 0 bridgehead atoms. The summed E-state index contributed by atoms with van der Waals surface area (Å²) in [6.07, 6.45) is 3.64. The number of hydrogen-bond acceptors (Lipinski definition) is 2. The number of rotatable bonds is 4. The molecule has 7 heteroatoms. The molecule has 1 amide bonds. The fraction of sp³-hybridized carbons (Fsp3) is 0.111. The van der Waals surface area contributed by atoms with Crippen molar-refractivity contribution in [3.63, 3.8) is 0 Å². The van der Waals surface area contributed by atoms with Crippen molar-refractivity contribution in [2.75, 3.05) is 6.54 Å². The number of carboxylic acids is 1. The summed E-state index contributed by atoms with van der Waals surface area (Å²) in [4.78, 5) is 29.3. The Hall–Kier alpha value is -4.26. The first-order valence-corrected chi connectivity index (χ1v) is 10.8. The normalized spacial score (nSPS) is 15.6. The molecule has 0 fully saturated rings. The van der Waals surface area contributed by atoms with Gasteiger partial charge in [-0.05, 0) is 59.5 Å². The minimum Gasteiger partial charge on any atom is -0.478 e. The lowest BCUT2D eigenvalue weighted by atomic mass is 9.92. The smallest absolute Gasteiger partial charge is 0.335 e. The summed E-state index contributed by atoms with van der Waals surface area (Å²) in [6.45, 7) is 0.402. The molecule has 1 aliphatic heterocycles. The molecule has 3 aromatic carbocycles. The number of para-hydroxylation sites is 1. The highest BCUT2D eigenvalue weighted by Crippen LogP contribution is 2.39. The van der Waals surface area contributed by atoms with E-state index in [1.807, 2.05) is 24.3 Å². The van der Waals surface area contributed by atoms with Crippen LogP contribution in [0.25, 0.3) is 17.0 Å². The minimum atomic E-state index is -1.02. The molecule has 2 N–H and O–H groups in total. The number of carbonyl (C=O) groups is 2. The van der Waals surface area contributed by atoms with Gasteiger partial charge in [-0.3, -0.25) is 4.79 Å². The predicted octanol–water partition coefficient (Wildman–Crippen LogP) is 5.33. The summed E-state index contributed by atoms with van der Waals surface area (Å²) in [5, 5.41) is 10.1. The standard InChI is InChI=1S/C27H20F2N2O3/c28-21-11-10-18(15-22(21)29)26-25-20(19-3-1-2-4-23(19)30-25)13-14-31(26)24(32)12-7-16-5-8-17(9-6-16)27(33)34/h1-12,15,26,30H,13-14H2,(H,33,34)/b12-7+. The van der Waals surface area contributed by atoms with E-state index >= 15 is 0 Å². The van der Waals surface area contributed by atoms with Crippen molar-refractivity contribution in [3.8, 4) is 0 Å². The van der Waals surface area contributed by atoms with Crippen LogP contribution in [0.2, 0.25) is 0 Å². The number of carbonyl (C=O) groups excluding carboxylic acids is 1. The molecule has 1 unspecified atom stereocenters. The van der Waals surface area contributed by atoms with Crippen LogP contribution in [-0.2, 0) is 11.2 Å². The number of aromatic nitrogens is 1. The molecule has 5 nitrogen and oxygen atoms in total. The lowest BCUT2D eigenvalue weighted by Crippen LogP contribution is -2.39. The highest BCUT2D eigenvalue weighted by Gasteiger charge is 2.34. The molecule has 5 rings (SSSR count). The van der Waals surface area contributed by atoms with E-state index in [0.29, 0.717) is 24.1 Å². The predicted molar refractivity (Wildman–Crippen MR) is 124 cm³/mol. The quantitative estimate of drug-likeness (QED) is 0.406. The molecular weight excluding hydrogens is 438 g/mol. The maximum Gasteiger partial charge on any atom is 0.335 e. The van der Waals surface area contributed by atoms with Crippen LogP contribution in [0.15, 0.2) is 72.8 Å². The zero-order chi connectivity index (χ0) is 23.8. The van der Waals surface area contributed by atoms with Crippen molar-refractivity contribution in [2.24, 2.45) is 0 Å². The summed E-state index contributed by atoms with van der Waals surface area (Å²) < 4.78 is 27.8. The van der Waals surface area contributed by atoms with E-state index in [-0.39, 0.29) is 11.5 Å². The largest absolute Gasteiger partial charge is 0.478 e. The molecule has 4 aromatic rings. The van der Waals surface area contributed by atoms with Crippen LogP contribution >= 0.6 is 0 Å². The van der Waals surface area contributed by atoms with Gasteiger partial charge in [0, 0.05) is 29.2 Å². The van der Waals surface area contributed by atoms with Gasteiger partial charge < -0.3 is 15.0 Å². The van der Waals surface area contributed by atoms with Gasteiger partial charge in [0.05, 0.1) is 11.6 Å². The van der Waals surface area contributed by atoms with Gasteiger partial charge in [0.2, 0.25) is 5.91 Å². The summed E-state index contributed by atoms with van der Waals surface area (Å²) in [6, 6.07) is 17.1. The molecule has 0 spiro atoms. The Kier molecular flexibility index (Phi) is 5.45. The Labute approximate surface area is 194 Å². The van der Waals surface area contributed by atoms with Crippen molar-refractivity contribution in [1.29, 1.82) is 0 Å². The van der Waals surface area contributed by atoms with E-state index in [0.717, 1.165) is 34.3 Å². The van der Waals surface area contributed by atoms with E-state index in [9.17, 15) is 18.4 Å². The van der Waals surface area contributed by atoms with Crippen LogP contribution in [0.1, 0.15) is 38.8 Å². The van der Waals surface area contributed by atoms with Crippen LogP contribution in [0, 0.1) is 11.6 Å². The van der Waals surface area contributed by atoms with Gasteiger partial charge in [0.1, 0.15) is 0 Å². The second-order valence-electron chi connectivity index (χ2n) is 8.18. The van der Waals surface area contributed by atoms with E-state index in [1.54, 1.807) is 23.1 Å². The third-order valence-corrected chi connectivity index (χ3v) is 6.15. The van der Waals surface area contributed by atoms with Gasteiger partial charge >= 0.3 is 5.97 Å². The number of benzene rings is 3. The van der Waals surface area contributed by atoms with Gasteiger partial charge in [-0.25, -0.2) is 13.6 Å². The lowest BCUT2D eigenvalue weighted by Gasteiger charge is -2.35. The number of H-pyrrole nitrogens is 1. The molecule has 1 aliphatic rings. The number of carboxylic acid groups (broad SMARTS) is 1. The molecule has 170 valence electrons. The molecule has 0 saturated carbocycles. The van der Waals surface area contributed by atoms with Gasteiger partial charge in [0.15, 0.2) is 11.6 Å². The third kappa shape index (κ3) is 3.85. The van der Waals surface area contributed by atoms with Crippen molar-refractivity contribution in [3.05, 3.63) is 112 Å². The SMILES string of the molecule is O=C(O)c1ccc(/C=C/C(=O)N2CCc3c([nH]c4ccccc34)C2c2ccc(F)c(F)c2)cc1. The fourth-order valence-corrected chi connectivity index (χ4v) is 4.51. The topological polar surface area (TPSA) is 73.4 Å². The van der Waals surface area contributed by atoms with E-state index in [1.165, 1.54) is 24.3 Å². The average Bonchev–Trinajstić information content (AvgIpc) is 3.22. The number of nitrogens with zero attached hydrogens (tertiary/aromatic N) is 1. The zero-order valence-corrected chi connectivity index (χ0v) is 18.0. The zero-order valence-electron chi connectivity index (χ0n) is 18.0. The van der Waals surface area contributed by atoms with Gasteiger partial charge in [-0.2, -0.15) is 0 Å². The Bertz CT molecular complexity index is 1440. The Morgan fingerprint density at radius 2 is 1.76 bits per heavy atom. The van der Waals surface area contributed by atoms with Gasteiger partial charge in [0.25, 0.3) is 0 Å². The minimum absolute atomic E-state index is 0.157. The molecular formula is C27H20F2N2O3. The van der Waals surface area contributed by atoms with Gasteiger partial charge in [-0.1, -0.05) is 36.4 Å². The first kappa shape index (κ1) is 21.6. The maximum absolute atomic E-state index is 14.2. The molecule has 0 saturated heterocycles. The monoisotopic (exact) mass is 458 g/mol. The van der Waals surface area contributed by atoms with E-state index < -0.39 is 23.6 Å². The second kappa shape index (κ2) is 8.59. The summed E-state index contributed by atoms with van der Waals surface area (Å²) in [5.74, 6) is -3.23. The average molecular weight is 458 g/mol. The Morgan fingerprint density at radius 3 is 2.50 bits per heavy atom. The molecule has 34 heavy (non-hydrogen) atoms. The number of fused-ring (bicyclic) bond motifs is 3. The number of hydrogen-bond donors (Lipinski definition) is 2. The second-order valence-corrected chi connectivity index (χ2v) is 8.18. The van der Waals surface area contributed by atoms with Crippen LogP contribution in [-0.4, -0.2) is 33.4 Å². The van der Waals surface area contributed by atoms with Crippen LogP contribution in [0.3, 0.4) is 0 Å².